The Labute approximate surface area is 110 Å². The Morgan fingerprint density at radius 3 is 2.61 bits per heavy atom. The molecule has 1 nitrogen and oxygen atoms in total. The maximum absolute atomic E-state index is 13.0. The number of rotatable bonds is 3. The molecule has 0 radical (unpaired) electrons. The Morgan fingerprint density at radius 2 is 2.06 bits per heavy atom. The Kier molecular flexibility index (Phi) is 3.94. The van der Waals surface area contributed by atoms with E-state index in [9.17, 15) is 4.39 Å². The molecular weight excluding hydrogens is 225 g/mol. The molecule has 0 heterocycles. The molecule has 0 aromatic rings. The quantitative estimate of drug-likeness (QED) is 0.777. The van der Waals surface area contributed by atoms with Crippen molar-refractivity contribution in [2.45, 2.75) is 52.0 Å². The van der Waals surface area contributed by atoms with Crippen molar-refractivity contribution in [3.05, 3.63) is 36.3 Å². The van der Waals surface area contributed by atoms with Crippen LogP contribution in [0, 0.1) is 11.3 Å². The van der Waals surface area contributed by atoms with Crippen LogP contribution in [-0.4, -0.2) is 6.04 Å². The number of hydrogen-bond donors (Lipinski definition) is 1. The van der Waals surface area contributed by atoms with Gasteiger partial charge in [0.05, 0.1) is 0 Å². The van der Waals surface area contributed by atoms with Gasteiger partial charge < -0.3 is 5.32 Å². The Morgan fingerprint density at radius 1 is 1.39 bits per heavy atom. The lowest BCUT2D eigenvalue weighted by molar-refractivity contribution is 0.306. The van der Waals surface area contributed by atoms with E-state index in [2.05, 4.69) is 25.7 Å². The standard InChI is InChI=1S/C16H24FN/c1-12-4-6-15(7-5-12)18-13(2)16(3)10-8-14(17)9-11-16/h8-10,12,15,18H,2,4-7,11H2,1,3H3. The first kappa shape index (κ1) is 13.4. The summed E-state index contributed by atoms with van der Waals surface area (Å²) in [6.07, 6.45) is 10.9. The van der Waals surface area contributed by atoms with E-state index in [1.165, 1.54) is 25.7 Å². The van der Waals surface area contributed by atoms with Crippen molar-refractivity contribution in [1.29, 1.82) is 0 Å². The average Bonchev–Trinajstić information content (AvgIpc) is 2.36. The van der Waals surface area contributed by atoms with E-state index in [0.29, 0.717) is 12.5 Å². The van der Waals surface area contributed by atoms with Gasteiger partial charge in [0.1, 0.15) is 5.83 Å². The monoisotopic (exact) mass is 249 g/mol. The maximum atomic E-state index is 13.0. The molecule has 0 aliphatic heterocycles. The summed E-state index contributed by atoms with van der Waals surface area (Å²) in [6.45, 7) is 8.62. The van der Waals surface area contributed by atoms with Gasteiger partial charge >= 0.3 is 0 Å². The maximum Gasteiger partial charge on any atom is 0.118 e. The summed E-state index contributed by atoms with van der Waals surface area (Å²) in [6, 6.07) is 0.551. The van der Waals surface area contributed by atoms with E-state index in [1.54, 1.807) is 12.2 Å². The molecule has 18 heavy (non-hydrogen) atoms. The van der Waals surface area contributed by atoms with Gasteiger partial charge in [-0.3, -0.25) is 0 Å². The summed E-state index contributed by atoms with van der Waals surface area (Å²) < 4.78 is 13.0. The molecule has 2 rings (SSSR count). The number of hydrogen-bond acceptors (Lipinski definition) is 1. The lowest BCUT2D eigenvalue weighted by atomic mass is 9.79. The van der Waals surface area contributed by atoms with Crippen LogP contribution in [-0.2, 0) is 0 Å². The smallest absolute Gasteiger partial charge is 0.118 e. The first-order chi connectivity index (χ1) is 8.49. The summed E-state index contributed by atoms with van der Waals surface area (Å²) in [4.78, 5) is 0. The SMILES string of the molecule is C=C(NC1CCC(C)CC1)C1(C)C=CC(F)=CC1. The minimum absolute atomic E-state index is 0.133. The van der Waals surface area contributed by atoms with Crippen molar-refractivity contribution >= 4 is 0 Å². The predicted octanol–water partition coefficient (Wildman–Crippen LogP) is 4.49. The summed E-state index contributed by atoms with van der Waals surface area (Å²) >= 11 is 0. The molecule has 1 fully saturated rings. The highest BCUT2D eigenvalue weighted by atomic mass is 19.1. The zero-order chi connectivity index (χ0) is 13.2. The van der Waals surface area contributed by atoms with Crippen molar-refractivity contribution in [2.75, 3.05) is 0 Å². The summed E-state index contributed by atoms with van der Waals surface area (Å²) in [5.74, 6) is 0.727. The molecule has 0 saturated heterocycles. The molecule has 0 bridgehead atoms. The van der Waals surface area contributed by atoms with Gasteiger partial charge in [-0.15, -0.1) is 0 Å². The zero-order valence-corrected chi connectivity index (χ0v) is 11.5. The normalized spacial score (nSPS) is 36.1. The van der Waals surface area contributed by atoms with Crippen LogP contribution in [0.2, 0.25) is 0 Å². The van der Waals surface area contributed by atoms with Crippen molar-refractivity contribution < 1.29 is 4.39 Å². The zero-order valence-electron chi connectivity index (χ0n) is 11.5. The van der Waals surface area contributed by atoms with Gasteiger partial charge in [0, 0.05) is 17.2 Å². The molecule has 2 aliphatic carbocycles. The molecule has 1 atom stereocenters. The minimum Gasteiger partial charge on any atom is -0.385 e. The van der Waals surface area contributed by atoms with Gasteiger partial charge in [-0.05, 0) is 50.2 Å². The van der Waals surface area contributed by atoms with Gasteiger partial charge in [-0.25, -0.2) is 4.39 Å². The van der Waals surface area contributed by atoms with Gasteiger partial charge in [0.25, 0.3) is 0 Å². The van der Waals surface area contributed by atoms with Crippen molar-refractivity contribution in [3.8, 4) is 0 Å². The molecule has 100 valence electrons. The molecule has 1 unspecified atom stereocenters. The summed E-state index contributed by atoms with van der Waals surface area (Å²) in [7, 11) is 0. The summed E-state index contributed by atoms with van der Waals surface area (Å²) in [5.41, 5.74) is 0.889. The fraction of sp³-hybridized carbons (Fsp3) is 0.625. The molecule has 1 N–H and O–H groups in total. The highest BCUT2D eigenvalue weighted by Crippen LogP contribution is 2.36. The largest absolute Gasteiger partial charge is 0.385 e. The first-order valence-electron chi connectivity index (χ1n) is 7.00. The second kappa shape index (κ2) is 5.29. The van der Waals surface area contributed by atoms with Crippen molar-refractivity contribution in [2.24, 2.45) is 11.3 Å². The lowest BCUT2D eigenvalue weighted by Crippen LogP contribution is -2.37. The predicted molar refractivity (Wildman–Crippen MR) is 74.8 cm³/mol. The second-order valence-corrected chi connectivity index (χ2v) is 6.12. The third-order valence-corrected chi connectivity index (χ3v) is 4.42. The van der Waals surface area contributed by atoms with Crippen LogP contribution in [0.4, 0.5) is 4.39 Å². The number of halogens is 1. The van der Waals surface area contributed by atoms with Crippen LogP contribution >= 0.6 is 0 Å². The van der Waals surface area contributed by atoms with Crippen molar-refractivity contribution in [1.82, 2.24) is 5.32 Å². The molecule has 0 spiro atoms. The Balaban J connectivity index is 1.90. The fourth-order valence-electron chi connectivity index (χ4n) is 2.75. The van der Waals surface area contributed by atoms with E-state index in [-0.39, 0.29) is 11.2 Å². The van der Waals surface area contributed by atoms with Crippen LogP contribution in [0.1, 0.15) is 46.0 Å². The number of nitrogens with one attached hydrogen (secondary N) is 1. The molecule has 2 aliphatic rings. The molecule has 0 amide bonds. The van der Waals surface area contributed by atoms with E-state index in [1.807, 2.05) is 6.08 Å². The fourth-order valence-corrected chi connectivity index (χ4v) is 2.75. The third-order valence-electron chi connectivity index (χ3n) is 4.42. The molecule has 0 aromatic carbocycles. The third kappa shape index (κ3) is 3.04. The van der Waals surface area contributed by atoms with Crippen molar-refractivity contribution in [3.63, 3.8) is 0 Å². The first-order valence-corrected chi connectivity index (χ1v) is 7.00. The highest BCUT2D eigenvalue weighted by molar-refractivity contribution is 5.28. The Bertz CT molecular complexity index is 375. The van der Waals surface area contributed by atoms with E-state index < -0.39 is 0 Å². The van der Waals surface area contributed by atoms with Crippen LogP contribution < -0.4 is 5.32 Å². The van der Waals surface area contributed by atoms with E-state index in [0.717, 1.165) is 11.6 Å². The molecular formula is C16H24FN. The van der Waals surface area contributed by atoms with Gasteiger partial charge in [0.2, 0.25) is 0 Å². The van der Waals surface area contributed by atoms with Crippen LogP contribution in [0.3, 0.4) is 0 Å². The average molecular weight is 249 g/mol. The van der Waals surface area contributed by atoms with E-state index in [4.69, 9.17) is 0 Å². The summed E-state index contributed by atoms with van der Waals surface area (Å²) in [5, 5.41) is 3.57. The molecule has 1 saturated carbocycles. The Hall–Kier alpha value is -1.05. The topological polar surface area (TPSA) is 12.0 Å². The van der Waals surface area contributed by atoms with Crippen LogP contribution in [0.5, 0.6) is 0 Å². The van der Waals surface area contributed by atoms with Crippen LogP contribution in [0.15, 0.2) is 36.3 Å². The number of allylic oxidation sites excluding steroid dienone is 4. The van der Waals surface area contributed by atoms with Gasteiger partial charge in [-0.2, -0.15) is 0 Å². The van der Waals surface area contributed by atoms with Gasteiger partial charge in [0.15, 0.2) is 0 Å². The van der Waals surface area contributed by atoms with Gasteiger partial charge in [-0.1, -0.05) is 26.5 Å². The molecule has 0 aromatic heterocycles. The van der Waals surface area contributed by atoms with E-state index >= 15 is 0 Å². The lowest BCUT2D eigenvalue weighted by Gasteiger charge is -2.35. The van der Waals surface area contributed by atoms with Crippen LogP contribution in [0.25, 0.3) is 0 Å². The minimum atomic E-state index is -0.140. The highest BCUT2D eigenvalue weighted by Gasteiger charge is 2.28. The second-order valence-electron chi connectivity index (χ2n) is 6.12. The molecule has 2 heteroatoms.